The Morgan fingerprint density at radius 1 is 1.21 bits per heavy atom. The summed E-state index contributed by atoms with van der Waals surface area (Å²) in [7, 11) is 0. The summed E-state index contributed by atoms with van der Waals surface area (Å²) in [4.78, 5) is 19.4. The van der Waals surface area contributed by atoms with E-state index in [4.69, 9.17) is 9.47 Å². The third-order valence-electron chi connectivity index (χ3n) is 3.83. The Morgan fingerprint density at radius 3 is 2.57 bits per heavy atom. The molecule has 0 saturated carbocycles. The van der Waals surface area contributed by atoms with Crippen molar-refractivity contribution in [1.29, 1.82) is 5.26 Å². The van der Waals surface area contributed by atoms with Gasteiger partial charge in [0, 0.05) is 0 Å². The van der Waals surface area contributed by atoms with Gasteiger partial charge in [-0.1, -0.05) is 12.1 Å². The molecule has 2 N–H and O–H groups in total. The van der Waals surface area contributed by atoms with Gasteiger partial charge in [-0.15, -0.1) is 0 Å². The smallest absolute Gasteiger partial charge is 0.338 e. The molecule has 0 atom stereocenters. The maximum Gasteiger partial charge on any atom is 0.338 e. The fourth-order valence-corrected chi connectivity index (χ4v) is 2.56. The molecule has 0 fully saturated rings. The van der Waals surface area contributed by atoms with E-state index in [2.05, 4.69) is 9.97 Å². The first-order valence-electron chi connectivity index (χ1n) is 8.69. The van der Waals surface area contributed by atoms with Crippen molar-refractivity contribution in [3.05, 3.63) is 65.7 Å². The second-order valence-corrected chi connectivity index (χ2v) is 6.30. The van der Waals surface area contributed by atoms with Gasteiger partial charge in [0.2, 0.25) is 0 Å². The minimum Gasteiger partial charge on any atom is -0.507 e. The van der Waals surface area contributed by atoms with Crippen LogP contribution in [0.1, 0.15) is 30.0 Å². The van der Waals surface area contributed by atoms with Crippen molar-refractivity contribution in [1.82, 2.24) is 9.97 Å². The Bertz CT molecular complexity index is 1030. The first-order chi connectivity index (χ1) is 13.5. The molecule has 0 aliphatic carbocycles. The SMILES string of the molecule is CC(C)Oc1ccc(C(=O)OCC(O)=C(C#N)c2nc3ccccc3[nH]2)cc1. The largest absolute Gasteiger partial charge is 0.507 e. The number of allylic oxidation sites excluding steroid dienone is 1. The number of fused-ring (bicyclic) bond motifs is 1. The third kappa shape index (κ3) is 4.30. The summed E-state index contributed by atoms with van der Waals surface area (Å²) in [6, 6.07) is 15.6. The summed E-state index contributed by atoms with van der Waals surface area (Å²) in [6.45, 7) is 3.38. The van der Waals surface area contributed by atoms with Crippen LogP contribution in [0.4, 0.5) is 0 Å². The molecule has 28 heavy (non-hydrogen) atoms. The van der Waals surface area contributed by atoms with Crippen LogP contribution >= 0.6 is 0 Å². The molecular formula is C21H19N3O4. The van der Waals surface area contributed by atoms with Gasteiger partial charge < -0.3 is 19.6 Å². The second-order valence-electron chi connectivity index (χ2n) is 6.30. The number of nitrogens with zero attached hydrogens (tertiary/aromatic N) is 2. The van der Waals surface area contributed by atoms with Crippen LogP contribution < -0.4 is 4.74 Å². The Balaban J connectivity index is 1.71. The number of nitrogens with one attached hydrogen (secondary N) is 1. The van der Waals surface area contributed by atoms with E-state index in [1.54, 1.807) is 30.3 Å². The van der Waals surface area contributed by atoms with Crippen molar-refractivity contribution in [2.24, 2.45) is 0 Å². The Hall–Kier alpha value is -3.79. The highest BCUT2D eigenvalue weighted by molar-refractivity contribution is 5.90. The number of aliphatic hydroxyl groups is 1. The van der Waals surface area contributed by atoms with Gasteiger partial charge in [0.25, 0.3) is 0 Å². The minimum atomic E-state index is -0.621. The number of para-hydroxylation sites is 2. The van der Waals surface area contributed by atoms with Crippen LogP contribution in [0, 0.1) is 11.3 Å². The second kappa shape index (κ2) is 8.27. The van der Waals surface area contributed by atoms with Gasteiger partial charge in [0.05, 0.1) is 22.7 Å². The summed E-state index contributed by atoms with van der Waals surface area (Å²) < 4.78 is 10.6. The molecule has 0 aliphatic rings. The standard InChI is InChI=1S/C21H19N3O4/c1-13(2)28-15-9-7-14(8-10-15)21(26)27-12-19(25)16(11-22)20-23-17-5-3-4-6-18(17)24-20/h3-10,13,25H,12H2,1-2H3,(H,23,24). The minimum absolute atomic E-state index is 0.0301. The average Bonchev–Trinajstić information content (AvgIpc) is 3.10. The molecule has 7 nitrogen and oxygen atoms in total. The molecule has 0 bridgehead atoms. The Kier molecular flexibility index (Phi) is 5.61. The van der Waals surface area contributed by atoms with E-state index >= 15 is 0 Å². The third-order valence-corrected chi connectivity index (χ3v) is 3.83. The highest BCUT2D eigenvalue weighted by Gasteiger charge is 2.15. The number of ether oxygens (including phenoxy) is 2. The zero-order chi connectivity index (χ0) is 20.1. The van der Waals surface area contributed by atoms with Crippen molar-refractivity contribution >= 4 is 22.6 Å². The van der Waals surface area contributed by atoms with Gasteiger partial charge in [-0.2, -0.15) is 5.26 Å². The Morgan fingerprint density at radius 2 is 1.93 bits per heavy atom. The zero-order valence-electron chi connectivity index (χ0n) is 15.5. The van der Waals surface area contributed by atoms with Gasteiger partial charge in [-0.3, -0.25) is 0 Å². The molecule has 2 aromatic carbocycles. The van der Waals surface area contributed by atoms with Crippen LogP contribution in [0.5, 0.6) is 5.75 Å². The number of aromatic amines is 1. The highest BCUT2D eigenvalue weighted by atomic mass is 16.5. The number of aromatic nitrogens is 2. The molecule has 142 valence electrons. The van der Waals surface area contributed by atoms with Crippen molar-refractivity contribution in [2.45, 2.75) is 20.0 Å². The first kappa shape index (κ1) is 19.0. The lowest BCUT2D eigenvalue weighted by atomic mass is 10.2. The number of H-pyrrole nitrogens is 1. The molecule has 3 rings (SSSR count). The number of hydrogen-bond acceptors (Lipinski definition) is 6. The number of carbonyl (C=O) groups is 1. The number of nitriles is 1. The Labute approximate surface area is 161 Å². The lowest BCUT2D eigenvalue weighted by molar-refractivity contribution is 0.0502. The number of aliphatic hydroxyl groups excluding tert-OH is 1. The van der Waals surface area contributed by atoms with E-state index < -0.39 is 12.6 Å². The van der Waals surface area contributed by atoms with E-state index in [0.717, 1.165) is 5.52 Å². The van der Waals surface area contributed by atoms with E-state index in [1.807, 2.05) is 38.1 Å². The van der Waals surface area contributed by atoms with Crippen LogP contribution in [0.3, 0.4) is 0 Å². The lowest BCUT2D eigenvalue weighted by Gasteiger charge is -2.10. The van der Waals surface area contributed by atoms with Crippen molar-refractivity contribution in [3.8, 4) is 11.8 Å². The predicted octanol–water partition coefficient (Wildman–Crippen LogP) is 4.00. The average molecular weight is 377 g/mol. The van der Waals surface area contributed by atoms with Gasteiger partial charge in [-0.25, -0.2) is 9.78 Å². The quantitative estimate of drug-likeness (QED) is 0.382. The molecule has 0 aliphatic heterocycles. The van der Waals surface area contributed by atoms with Gasteiger partial charge in [0.1, 0.15) is 24.0 Å². The summed E-state index contributed by atoms with van der Waals surface area (Å²) in [5, 5.41) is 19.6. The van der Waals surface area contributed by atoms with Crippen LogP contribution in [0.15, 0.2) is 54.3 Å². The molecule has 1 aromatic heterocycles. The fourth-order valence-electron chi connectivity index (χ4n) is 2.56. The summed E-state index contributed by atoms with van der Waals surface area (Å²) in [5.41, 5.74) is 1.63. The highest BCUT2D eigenvalue weighted by Crippen LogP contribution is 2.19. The fraction of sp³-hybridized carbons (Fsp3) is 0.190. The van der Waals surface area contributed by atoms with E-state index in [1.165, 1.54) is 0 Å². The molecule has 0 saturated heterocycles. The van der Waals surface area contributed by atoms with Crippen molar-refractivity contribution in [3.63, 3.8) is 0 Å². The predicted molar refractivity (Wildman–Crippen MR) is 104 cm³/mol. The molecule has 0 unspecified atom stereocenters. The molecule has 0 radical (unpaired) electrons. The van der Waals surface area contributed by atoms with Crippen LogP contribution in [0.25, 0.3) is 16.6 Å². The van der Waals surface area contributed by atoms with Crippen molar-refractivity contribution in [2.75, 3.05) is 6.61 Å². The van der Waals surface area contributed by atoms with Crippen LogP contribution in [0.2, 0.25) is 0 Å². The number of benzene rings is 2. The van der Waals surface area contributed by atoms with Crippen molar-refractivity contribution < 1.29 is 19.4 Å². The van der Waals surface area contributed by atoms with Gasteiger partial charge >= 0.3 is 5.97 Å². The molecule has 3 aromatic rings. The first-order valence-corrected chi connectivity index (χ1v) is 8.69. The normalized spacial score (nSPS) is 11.8. The number of imidazole rings is 1. The number of carbonyl (C=O) groups excluding carboxylic acids is 1. The number of esters is 1. The van der Waals surface area contributed by atoms with Crippen LogP contribution in [-0.2, 0) is 4.74 Å². The lowest BCUT2D eigenvalue weighted by Crippen LogP contribution is -2.10. The maximum absolute atomic E-state index is 12.2. The van der Waals surface area contributed by atoms with E-state index in [0.29, 0.717) is 16.8 Å². The summed E-state index contributed by atoms with van der Waals surface area (Å²) in [6.07, 6.45) is 0.0301. The maximum atomic E-state index is 12.2. The topological polar surface area (TPSA) is 108 Å². The van der Waals surface area contributed by atoms with Crippen LogP contribution in [-0.4, -0.2) is 33.8 Å². The zero-order valence-corrected chi connectivity index (χ0v) is 15.5. The van der Waals surface area contributed by atoms with E-state index in [9.17, 15) is 15.2 Å². The number of rotatable bonds is 6. The summed E-state index contributed by atoms with van der Waals surface area (Å²) >= 11 is 0. The molecular weight excluding hydrogens is 358 g/mol. The molecule has 0 spiro atoms. The van der Waals surface area contributed by atoms with Gasteiger partial charge in [0.15, 0.2) is 11.6 Å². The van der Waals surface area contributed by atoms with E-state index in [-0.39, 0.29) is 23.3 Å². The molecule has 0 amide bonds. The number of hydrogen-bond donors (Lipinski definition) is 2. The monoisotopic (exact) mass is 377 g/mol. The molecule has 1 heterocycles. The summed E-state index contributed by atoms with van der Waals surface area (Å²) in [5.74, 6) is -0.141. The molecule has 7 heteroatoms. The van der Waals surface area contributed by atoms with Gasteiger partial charge in [-0.05, 0) is 50.2 Å².